The second kappa shape index (κ2) is 6.28. The Bertz CT molecular complexity index is 791. The number of carboxylic acids is 1. The van der Waals surface area contributed by atoms with E-state index in [4.69, 9.17) is 16.7 Å². The predicted octanol–water partition coefficient (Wildman–Crippen LogP) is 3.60. The van der Waals surface area contributed by atoms with Gasteiger partial charge in [0.05, 0.1) is 15.4 Å². The summed E-state index contributed by atoms with van der Waals surface area (Å²) in [6.07, 6.45) is 0. The summed E-state index contributed by atoms with van der Waals surface area (Å²) in [5, 5.41) is 33.8. The number of benzene rings is 2. The molecule has 2 aromatic carbocycles. The van der Waals surface area contributed by atoms with Crippen molar-refractivity contribution in [2.75, 3.05) is 5.32 Å². The second-order valence-electron chi connectivity index (χ2n) is 4.31. The van der Waals surface area contributed by atoms with Crippen molar-refractivity contribution in [2.45, 2.75) is 0 Å². The molecular formula is C13H8ClN3O6. The maximum atomic E-state index is 11.2. The van der Waals surface area contributed by atoms with Gasteiger partial charge in [-0.2, -0.15) is 0 Å². The van der Waals surface area contributed by atoms with Crippen LogP contribution in [0.1, 0.15) is 10.4 Å². The third-order valence-corrected chi connectivity index (χ3v) is 3.12. The first-order valence-electron chi connectivity index (χ1n) is 6.03. The number of nitro benzene ring substituents is 2. The number of anilines is 2. The molecule has 0 aromatic heterocycles. The van der Waals surface area contributed by atoms with Crippen LogP contribution in [0, 0.1) is 20.2 Å². The fourth-order valence-corrected chi connectivity index (χ4v) is 2.06. The number of hydrogen-bond acceptors (Lipinski definition) is 6. The molecule has 2 aromatic rings. The van der Waals surface area contributed by atoms with Crippen molar-refractivity contribution >= 4 is 40.3 Å². The lowest BCUT2D eigenvalue weighted by molar-refractivity contribution is -0.384. The van der Waals surface area contributed by atoms with Crippen molar-refractivity contribution in [1.82, 2.24) is 0 Å². The van der Waals surface area contributed by atoms with Crippen LogP contribution in [0.25, 0.3) is 0 Å². The number of halogens is 1. The Balaban J connectivity index is 2.63. The standard InChI is InChI=1S/C13H8ClN3O6/c14-7-4-5-9(11(6-7)17(22)23)15-12-8(13(18)19)2-1-3-10(12)16(20)21/h1-6,15H,(H,18,19). The van der Waals surface area contributed by atoms with Crippen LogP contribution in [0.2, 0.25) is 5.02 Å². The summed E-state index contributed by atoms with van der Waals surface area (Å²) in [5.74, 6) is -1.41. The number of nitrogens with one attached hydrogen (secondary N) is 1. The van der Waals surface area contributed by atoms with E-state index in [1.165, 1.54) is 18.2 Å². The van der Waals surface area contributed by atoms with E-state index in [-0.39, 0.29) is 22.0 Å². The van der Waals surface area contributed by atoms with Crippen LogP contribution in [0.5, 0.6) is 0 Å². The molecule has 0 radical (unpaired) electrons. The third kappa shape index (κ3) is 3.35. The minimum Gasteiger partial charge on any atom is -0.478 e. The Morgan fingerprint density at radius 2 is 1.74 bits per heavy atom. The van der Waals surface area contributed by atoms with Gasteiger partial charge in [-0.25, -0.2) is 4.79 Å². The number of nitrogens with zero attached hydrogens (tertiary/aromatic N) is 2. The normalized spacial score (nSPS) is 10.1. The molecule has 0 saturated carbocycles. The van der Waals surface area contributed by atoms with Gasteiger partial charge in [-0.3, -0.25) is 20.2 Å². The monoisotopic (exact) mass is 337 g/mol. The smallest absolute Gasteiger partial charge is 0.338 e. The van der Waals surface area contributed by atoms with Crippen molar-refractivity contribution in [2.24, 2.45) is 0 Å². The quantitative estimate of drug-likeness (QED) is 0.628. The highest BCUT2D eigenvalue weighted by Gasteiger charge is 2.24. The number of nitro groups is 2. The van der Waals surface area contributed by atoms with Crippen LogP contribution < -0.4 is 5.32 Å². The Hall–Kier alpha value is -3.20. The van der Waals surface area contributed by atoms with Crippen molar-refractivity contribution in [3.05, 3.63) is 67.2 Å². The summed E-state index contributed by atoms with van der Waals surface area (Å²) in [6.45, 7) is 0. The van der Waals surface area contributed by atoms with Crippen LogP contribution in [0.4, 0.5) is 22.7 Å². The Morgan fingerprint density at radius 1 is 1.09 bits per heavy atom. The Kier molecular flexibility index (Phi) is 4.42. The van der Waals surface area contributed by atoms with Crippen LogP contribution in [0.3, 0.4) is 0 Å². The molecule has 0 atom stereocenters. The summed E-state index contributed by atoms with van der Waals surface area (Å²) >= 11 is 5.69. The van der Waals surface area contributed by atoms with Crippen LogP contribution in [0.15, 0.2) is 36.4 Å². The number of hydrogen-bond donors (Lipinski definition) is 2. The van der Waals surface area contributed by atoms with E-state index in [9.17, 15) is 25.0 Å². The molecule has 118 valence electrons. The van der Waals surface area contributed by atoms with Gasteiger partial charge >= 0.3 is 5.97 Å². The minimum atomic E-state index is -1.41. The number of carboxylic acid groups (broad SMARTS) is 1. The molecule has 2 N–H and O–H groups in total. The first kappa shape index (κ1) is 16.2. The van der Waals surface area contributed by atoms with Crippen LogP contribution >= 0.6 is 11.6 Å². The fourth-order valence-electron chi connectivity index (χ4n) is 1.90. The molecule has 0 aliphatic rings. The van der Waals surface area contributed by atoms with Gasteiger partial charge in [-0.05, 0) is 18.2 Å². The minimum absolute atomic E-state index is 0.100. The highest BCUT2D eigenvalue weighted by molar-refractivity contribution is 6.31. The van der Waals surface area contributed by atoms with E-state index in [0.29, 0.717) is 0 Å². The Labute approximate surface area is 133 Å². The molecule has 0 heterocycles. The zero-order valence-corrected chi connectivity index (χ0v) is 12.0. The van der Waals surface area contributed by atoms with Crippen LogP contribution in [-0.2, 0) is 0 Å². The zero-order chi connectivity index (χ0) is 17.1. The lowest BCUT2D eigenvalue weighted by atomic mass is 10.1. The van der Waals surface area contributed by atoms with Gasteiger partial charge in [0.2, 0.25) is 0 Å². The average Bonchev–Trinajstić information content (AvgIpc) is 2.48. The van der Waals surface area contributed by atoms with Gasteiger partial charge in [0, 0.05) is 17.2 Å². The highest BCUT2D eigenvalue weighted by Crippen LogP contribution is 2.35. The highest BCUT2D eigenvalue weighted by atomic mass is 35.5. The van der Waals surface area contributed by atoms with E-state index >= 15 is 0 Å². The lowest BCUT2D eigenvalue weighted by Gasteiger charge is -2.10. The lowest BCUT2D eigenvalue weighted by Crippen LogP contribution is -2.07. The summed E-state index contributed by atoms with van der Waals surface area (Å²) in [4.78, 5) is 31.9. The number of para-hydroxylation sites is 1. The third-order valence-electron chi connectivity index (χ3n) is 2.89. The SMILES string of the molecule is O=C(O)c1cccc([N+](=O)[O-])c1Nc1ccc(Cl)cc1[N+](=O)[O-]. The fraction of sp³-hybridized carbons (Fsp3) is 0. The molecule has 0 aliphatic carbocycles. The van der Waals surface area contributed by atoms with E-state index in [0.717, 1.165) is 18.2 Å². The second-order valence-corrected chi connectivity index (χ2v) is 4.74. The molecule has 0 fully saturated rings. The molecule has 0 bridgehead atoms. The summed E-state index contributed by atoms with van der Waals surface area (Å²) in [7, 11) is 0. The predicted molar refractivity (Wildman–Crippen MR) is 81.4 cm³/mol. The zero-order valence-electron chi connectivity index (χ0n) is 11.2. The van der Waals surface area contributed by atoms with Crippen LogP contribution in [-0.4, -0.2) is 20.9 Å². The topological polar surface area (TPSA) is 136 Å². The number of carbonyl (C=O) groups is 1. The molecular weight excluding hydrogens is 330 g/mol. The maximum Gasteiger partial charge on any atom is 0.338 e. The average molecular weight is 338 g/mol. The van der Waals surface area contributed by atoms with E-state index < -0.39 is 27.2 Å². The van der Waals surface area contributed by atoms with Gasteiger partial charge in [-0.1, -0.05) is 17.7 Å². The largest absolute Gasteiger partial charge is 0.478 e. The summed E-state index contributed by atoms with van der Waals surface area (Å²) < 4.78 is 0. The molecule has 10 heteroatoms. The molecule has 23 heavy (non-hydrogen) atoms. The van der Waals surface area contributed by atoms with Gasteiger partial charge < -0.3 is 10.4 Å². The van der Waals surface area contributed by atoms with Crippen molar-refractivity contribution in [3.63, 3.8) is 0 Å². The first-order valence-corrected chi connectivity index (χ1v) is 6.40. The van der Waals surface area contributed by atoms with Gasteiger partial charge in [0.1, 0.15) is 11.4 Å². The van der Waals surface area contributed by atoms with Gasteiger partial charge in [0.25, 0.3) is 11.4 Å². The van der Waals surface area contributed by atoms with Crippen molar-refractivity contribution in [3.8, 4) is 0 Å². The van der Waals surface area contributed by atoms with Gasteiger partial charge in [0.15, 0.2) is 0 Å². The Morgan fingerprint density at radius 3 is 2.30 bits per heavy atom. The van der Waals surface area contributed by atoms with Crippen molar-refractivity contribution in [1.29, 1.82) is 0 Å². The molecule has 0 spiro atoms. The molecule has 0 unspecified atom stereocenters. The number of rotatable bonds is 5. The van der Waals surface area contributed by atoms with E-state index in [2.05, 4.69) is 5.32 Å². The first-order chi connectivity index (χ1) is 10.8. The molecule has 0 saturated heterocycles. The summed E-state index contributed by atoms with van der Waals surface area (Å²) in [5.41, 5.74) is -1.81. The number of aromatic carboxylic acids is 1. The maximum absolute atomic E-state index is 11.2. The van der Waals surface area contributed by atoms with E-state index in [1.807, 2.05) is 0 Å². The molecule has 0 amide bonds. The van der Waals surface area contributed by atoms with Crippen molar-refractivity contribution < 1.29 is 19.7 Å². The molecule has 0 aliphatic heterocycles. The summed E-state index contributed by atoms with van der Waals surface area (Å²) in [6, 6.07) is 7.09. The molecule has 9 nitrogen and oxygen atoms in total. The van der Waals surface area contributed by atoms with E-state index in [1.54, 1.807) is 0 Å². The van der Waals surface area contributed by atoms with Gasteiger partial charge in [-0.15, -0.1) is 0 Å². The molecule has 2 rings (SSSR count).